The minimum atomic E-state index is -0.0331. The maximum absolute atomic E-state index is 11.8. The maximum Gasteiger partial charge on any atom is 0.226 e. The summed E-state index contributed by atoms with van der Waals surface area (Å²) < 4.78 is 5.69. The molecule has 0 fully saturated rings. The fraction of sp³-hybridized carbons (Fsp3) is 0.412. The molecular formula is C17H22N2O2. The molecule has 0 aliphatic carbocycles. The number of rotatable bonds is 5. The van der Waals surface area contributed by atoms with E-state index < -0.39 is 0 Å². The molecule has 2 rings (SSSR count). The number of hydrogen-bond acceptors (Lipinski definition) is 3. The molecule has 0 unspecified atom stereocenters. The molecule has 1 N–H and O–H groups in total. The highest BCUT2D eigenvalue weighted by atomic mass is 16.4. The van der Waals surface area contributed by atoms with Gasteiger partial charge in [-0.3, -0.25) is 4.79 Å². The largest absolute Gasteiger partial charge is 0.441 e. The van der Waals surface area contributed by atoms with Crippen molar-refractivity contribution in [3.8, 4) is 11.5 Å². The molecule has 1 heterocycles. The SMILES string of the molecule is CCc1ccc(-c2nc(CC(=O)NC(C)C)c(C)o2)cc1. The van der Waals surface area contributed by atoms with Gasteiger partial charge in [0.1, 0.15) is 5.76 Å². The highest BCUT2D eigenvalue weighted by molar-refractivity contribution is 5.78. The van der Waals surface area contributed by atoms with Gasteiger partial charge in [0.2, 0.25) is 11.8 Å². The zero-order valence-corrected chi connectivity index (χ0v) is 13.1. The first-order valence-corrected chi connectivity index (χ1v) is 7.34. The number of amides is 1. The van der Waals surface area contributed by atoms with Crippen molar-refractivity contribution in [1.82, 2.24) is 10.3 Å². The molecule has 4 nitrogen and oxygen atoms in total. The first kappa shape index (κ1) is 15.3. The summed E-state index contributed by atoms with van der Waals surface area (Å²) in [5.41, 5.74) is 2.91. The third kappa shape index (κ3) is 3.94. The van der Waals surface area contributed by atoms with E-state index in [-0.39, 0.29) is 18.4 Å². The lowest BCUT2D eigenvalue weighted by atomic mass is 10.1. The molecule has 1 aromatic carbocycles. The number of aryl methyl sites for hydroxylation is 2. The van der Waals surface area contributed by atoms with Crippen LogP contribution in [0.2, 0.25) is 0 Å². The quantitative estimate of drug-likeness (QED) is 0.917. The predicted molar refractivity (Wildman–Crippen MR) is 83.0 cm³/mol. The van der Waals surface area contributed by atoms with Crippen molar-refractivity contribution in [2.75, 3.05) is 0 Å². The fourth-order valence-corrected chi connectivity index (χ4v) is 2.12. The van der Waals surface area contributed by atoms with Crippen molar-refractivity contribution >= 4 is 5.91 Å². The number of carbonyl (C=O) groups is 1. The monoisotopic (exact) mass is 286 g/mol. The molecule has 0 aliphatic heterocycles. The topological polar surface area (TPSA) is 55.1 Å². The van der Waals surface area contributed by atoms with Crippen molar-refractivity contribution in [2.24, 2.45) is 0 Å². The second-order valence-corrected chi connectivity index (χ2v) is 5.47. The predicted octanol–water partition coefficient (Wildman–Crippen LogP) is 3.28. The molecule has 1 amide bonds. The average molecular weight is 286 g/mol. The second-order valence-electron chi connectivity index (χ2n) is 5.47. The Morgan fingerprint density at radius 3 is 2.52 bits per heavy atom. The van der Waals surface area contributed by atoms with E-state index in [0.29, 0.717) is 17.3 Å². The fourth-order valence-electron chi connectivity index (χ4n) is 2.12. The van der Waals surface area contributed by atoms with Gasteiger partial charge in [-0.1, -0.05) is 19.1 Å². The summed E-state index contributed by atoms with van der Waals surface area (Å²) in [5.74, 6) is 1.24. The molecule has 112 valence electrons. The van der Waals surface area contributed by atoms with E-state index in [1.165, 1.54) is 5.56 Å². The van der Waals surface area contributed by atoms with Crippen molar-refractivity contribution in [2.45, 2.75) is 46.6 Å². The molecule has 0 radical (unpaired) electrons. The standard InChI is InChI=1S/C17H22N2O2/c1-5-13-6-8-14(9-7-13)17-19-15(12(4)21-17)10-16(20)18-11(2)3/h6-9,11H,5,10H2,1-4H3,(H,18,20). The van der Waals surface area contributed by atoms with Gasteiger partial charge in [-0.25, -0.2) is 4.98 Å². The number of benzene rings is 1. The zero-order chi connectivity index (χ0) is 15.4. The van der Waals surface area contributed by atoms with E-state index in [9.17, 15) is 4.79 Å². The summed E-state index contributed by atoms with van der Waals surface area (Å²) in [6.07, 6.45) is 1.26. The lowest BCUT2D eigenvalue weighted by Gasteiger charge is -2.06. The van der Waals surface area contributed by atoms with Crippen LogP contribution in [0.1, 0.15) is 37.8 Å². The van der Waals surface area contributed by atoms with Crippen LogP contribution in [0.3, 0.4) is 0 Å². The van der Waals surface area contributed by atoms with E-state index in [1.807, 2.05) is 32.9 Å². The minimum Gasteiger partial charge on any atom is -0.441 e. The van der Waals surface area contributed by atoms with Gasteiger partial charge in [0, 0.05) is 11.6 Å². The number of nitrogens with zero attached hydrogens (tertiary/aromatic N) is 1. The number of aromatic nitrogens is 1. The van der Waals surface area contributed by atoms with Crippen LogP contribution < -0.4 is 5.32 Å². The van der Waals surface area contributed by atoms with Gasteiger partial charge < -0.3 is 9.73 Å². The maximum atomic E-state index is 11.8. The van der Waals surface area contributed by atoms with Crippen LogP contribution in [0.15, 0.2) is 28.7 Å². The summed E-state index contributed by atoms with van der Waals surface area (Å²) >= 11 is 0. The number of nitrogens with one attached hydrogen (secondary N) is 1. The van der Waals surface area contributed by atoms with Crippen molar-refractivity contribution in [3.63, 3.8) is 0 Å². The Labute approximate surface area is 125 Å². The summed E-state index contributed by atoms with van der Waals surface area (Å²) in [5, 5.41) is 2.86. The van der Waals surface area contributed by atoms with E-state index in [0.717, 1.165) is 12.0 Å². The van der Waals surface area contributed by atoms with Crippen LogP contribution in [-0.2, 0) is 17.6 Å². The Morgan fingerprint density at radius 2 is 1.95 bits per heavy atom. The average Bonchev–Trinajstić information content (AvgIpc) is 2.79. The molecule has 0 atom stereocenters. The molecule has 4 heteroatoms. The Kier molecular flexibility index (Phi) is 4.78. The summed E-state index contributed by atoms with van der Waals surface area (Å²) in [4.78, 5) is 16.3. The van der Waals surface area contributed by atoms with Gasteiger partial charge >= 0.3 is 0 Å². The second kappa shape index (κ2) is 6.57. The molecule has 0 saturated heterocycles. The normalized spacial score (nSPS) is 10.9. The van der Waals surface area contributed by atoms with Crippen molar-refractivity contribution < 1.29 is 9.21 Å². The lowest BCUT2D eigenvalue weighted by molar-refractivity contribution is -0.121. The molecule has 0 spiro atoms. The van der Waals surface area contributed by atoms with E-state index in [1.54, 1.807) is 0 Å². The van der Waals surface area contributed by atoms with E-state index >= 15 is 0 Å². The molecule has 2 aromatic rings. The first-order valence-electron chi connectivity index (χ1n) is 7.34. The molecule has 0 saturated carbocycles. The van der Waals surface area contributed by atoms with Crippen LogP contribution in [0.4, 0.5) is 0 Å². The summed E-state index contributed by atoms with van der Waals surface area (Å²) in [6, 6.07) is 8.27. The van der Waals surface area contributed by atoms with Gasteiger partial charge in [-0.05, 0) is 44.9 Å². The van der Waals surface area contributed by atoms with Gasteiger partial charge in [0.25, 0.3) is 0 Å². The Balaban J connectivity index is 2.16. The minimum absolute atomic E-state index is 0.0331. The van der Waals surface area contributed by atoms with Crippen LogP contribution in [0.25, 0.3) is 11.5 Å². The smallest absolute Gasteiger partial charge is 0.226 e. The highest BCUT2D eigenvalue weighted by Crippen LogP contribution is 2.22. The van der Waals surface area contributed by atoms with E-state index in [4.69, 9.17) is 4.42 Å². The first-order chi connectivity index (χ1) is 9.99. The molecular weight excluding hydrogens is 264 g/mol. The molecule has 0 bridgehead atoms. The lowest BCUT2D eigenvalue weighted by Crippen LogP contribution is -2.31. The molecule has 1 aromatic heterocycles. The third-order valence-corrected chi connectivity index (χ3v) is 3.28. The summed E-state index contributed by atoms with van der Waals surface area (Å²) in [7, 11) is 0. The Morgan fingerprint density at radius 1 is 1.29 bits per heavy atom. The van der Waals surface area contributed by atoms with Crippen LogP contribution in [0.5, 0.6) is 0 Å². The van der Waals surface area contributed by atoms with Gasteiger partial charge in [0.05, 0.1) is 12.1 Å². The zero-order valence-electron chi connectivity index (χ0n) is 13.1. The van der Waals surface area contributed by atoms with Gasteiger partial charge in [-0.2, -0.15) is 0 Å². The summed E-state index contributed by atoms with van der Waals surface area (Å²) in [6.45, 7) is 7.84. The number of oxazole rings is 1. The highest BCUT2D eigenvalue weighted by Gasteiger charge is 2.15. The van der Waals surface area contributed by atoms with Gasteiger partial charge in [0.15, 0.2) is 0 Å². The Bertz CT molecular complexity index is 612. The van der Waals surface area contributed by atoms with Crippen LogP contribution >= 0.6 is 0 Å². The third-order valence-electron chi connectivity index (χ3n) is 3.28. The van der Waals surface area contributed by atoms with Crippen LogP contribution in [-0.4, -0.2) is 16.9 Å². The van der Waals surface area contributed by atoms with Gasteiger partial charge in [-0.15, -0.1) is 0 Å². The van der Waals surface area contributed by atoms with Crippen LogP contribution in [0, 0.1) is 6.92 Å². The molecule has 0 aliphatic rings. The van der Waals surface area contributed by atoms with Crippen molar-refractivity contribution in [3.05, 3.63) is 41.3 Å². The number of carbonyl (C=O) groups excluding carboxylic acids is 1. The van der Waals surface area contributed by atoms with E-state index in [2.05, 4.69) is 29.4 Å². The van der Waals surface area contributed by atoms with Crippen molar-refractivity contribution in [1.29, 1.82) is 0 Å². The number of hydrogen-bond donors (Lipinski definition) is 1. The molecule has 21 heavy (non-hydrogen) atoms. The Hall–Kier alpha value is -2.10.